The highest BCUT2D eigenvalue weighted by atomic mass is 19.1. The van der Waals surface area contributed by atoms with Gasteiger partial charge in [0, 0.05) is 39.4 Å². The first-order chi connectivity index (χ1) is 17.4. The van der Waals surface area contributed by atoms with Crippen LogP contribution < -0.4 is 5.32 Å². The largest absolute Gasteiger partial charge is 0.393 e. The molecular formula is C27H40FN5O3. The molecule has 9 heteroatoms. The number of aliphatic hydroxyl groups is 1. The number of unbranched alkanes of at least 4 members (excludes halogenated alkanes) is 1. The second kappa shape index (κ2) is 12.3. The van der Waals surface area contributed by atoms with Crippen molar-refractivity contribution in [3.63, 3.8) is 0 Å². The van der Waals surface area contributed by atoms with Crippen LogP contribution in [0.15, 0.2) is 24.3 Å². The summed E-state index contributed by atoms with van der Waals surface area (Å²) in [7, 11) is 1.66. The third-order valence-electron chi connectivity index (χ3n) is 7.27. The van der Waals surface area contributed by atoms with Gasteiger partial charge in [0.2, 0.25) is 0 Å². The van der Waals surface area contributed by atoms with Gasteiger partial charge in [-0.05, 0) is 68.4 Å². The molecule has 1 unspecified atom stereocenters. The summed E-state index contributed by atoms with van der Waals surface area (Å²) in [5.41, 5.74) is 1.18. The quantitative estimate of drug-likeness (QED) is 0.434. The van der Waals surface area contributed by atoms with E-state index in [0.29, 0.717) is 37.7 Å². The molecule has 1 saturated carbocycles. The van der Waals surface area contributed by atoms with Gasteiger partial charge in [-0.3, -0.25) is 4.79 Å². The van der Waals surface area contributed by atoms with Crippen LogP contribution in [0.1, 0.15) is 62.1 Å². The maximum Gasteiger partial charge on any atom is 0.276 e. The van der Waals surface area contributed by atoms with E-state index in [-0.39, 0.29) is 41.3 Å². The molecule has 1 saturated heterocycles. The summed E-state index contributed by atoms with van der Waals surface area (Å²) in [6.45, 7) is 6.82. The summed E-state index contributed by atoms with van der Waals surface area (Å²) in [5.74, 6) is 0.188. The molecule has 4 rings (SSSR count). The van der Waals surface area contributed by atoms with Crippen LogP contribution in [0.4, 0.5) is 4.39 Å². The van der Waals surface area contributed by atoms with Crippen LogP contribution in [0, 0.1) is 23.6 Å². The van der Waals surface area contributed by atoms with E-state index in [1.807, 2.05) is 4.90 Å². The number of piperidine rings is 1. The monoisotopic (exact) mass is 501 g/mol. The van der Waals surface area contributed by atoms with Crippen LogP contribution in [0.5, 0.6) is 0 Å². The van der Waals surface area contributed by atoms with E-state index in [9.17, 15) is 14.3 Å². The van der Waals surface area contributed by atoms with E-state index in [1.165, 1.54) is 10.7 Å². The van der Waals surface area contributed by atoms with Crippen molar-refractivity contribution >= 4 is 5.91 Å². The minimum absolute atomic E-state index is 0.0491. The number of ether oxygens (including phenoxy) is 1. The first-order valence-electron chi connectivity index (χ1n) is 13.3. The smallest absolute Gasteiger partial charge is 0.276 e. The third kappa shape index (κ3) is 6.30. The number of amides is 1. The Balaban J connectivity index is 1.62. The zero-order valence-electron chi connectivity index (χ0n) is 21.7. The molecule has 3 atom stereocenters. The lowest BCUT2D eigenvalue weighted by Crippen LogP contribution is -2.54. The van der Waals surface area contributed by atoms with Gasteiger partial charge < -0.3 is 20.1 Å². The van der Waals surface area contributed by atoms with Crippen molar-refractivity contribution in [2.45, 2.75) is 64.5 Å². The predicted molar refractivity (Wildman–Crippen MR) is 136 cm³/mol. The fourth-order valence-electron chi connectivity index (χ4n) is 5.25. The number of hydrogen-bond acceptors (Lipinski definition) is 6. The Kier molecular flexibility index (Phi) is 9.09. The highest BCUT2D eigenvalue weighted by Gasteiger charge is 2.40. The Hall–Kier alpha value is -2.36. The summed E-state index contributed by atoms with van der Waals surface area (Å²) in [6, 6.07) is 6.37. The number of carbonyl (C=O) groups excluding carboxylic acids is 1. The minimum atomic E-state index is -0.410. The number of halogens is 1. The topological polar surface area (TPSA) is 92.5 Å². The molecule has 2 aromatic rings. The van der Waals surface area contributed by atoms with E-state index in [2.05, 4.69) is 29.5 Å². The molecule has 2 aliphatic rings. The first kappa shape index (κ1) is 26.7. The molecular weight excluding hydrogens is 461 g/mol. The van der Waals surface area contributed by atoms with Crippen LogP contribution in [-0.2, 0) is 11.2 Å². The highest BCUT2D eigenvalue weighted by molar-refractivity contribution is 5.93. The van der Waals surface area contributed by atoms with Crippen molar-refractivity contribution in [2.24, 2.45) is 17.8 Å². The number of rotatable bonds is 12. The lowest BCUT2D eigenvalue weighted by Gasteiger charge is -2.40. The molecule has 1 aromatic carbocycles. The summed E-state index contributed by atoms with van der Waals surface area (Å²) in [4.78, 5) is 15.9. The predicted octanol–water partition coefficient (Wildman–Crippen LogP) is 3.22. The number of nitrogens with zero attached hydrogens (tertiary/aromatic N) is 4. The fourth-order valence-corrected chi connectivity index (χ4v) is 5.25. The van der Waals surface area contributed by atoms with Crippen molar-refractivity contribution in [1.29, 1.82) is 0 Å². The number of nitrogens with one attached hydrogen (secondary N) is 1. The van der Waals surface area contributed by atoms with E-state index in [1.54, 1.807) is 25.3 Å². The Morgan fingerprint density at radius 2 is 2.03 bits per heavy atom. The fraction of sp³-hybridized carbons (Fsp3) is 0.667. The molecule has 2 heterocycles. The van der Waals surface area contributed by atoms with Crippen LogP contribution in [0.3, 0.4) is 0 Å². The van der Waals surface area contributed by atoms with Crippen molar-refractivity contribution < 1.29 is 19.0 Å². The number of benzene rings is 1. The lowest BCUT2D eigenvalue weighted by molar-refractivity contribution is 0.0329. The maximum atomic E-state index is 14.7. The number of carbonyl (C=O) groups is 1. The van der Waals surface area contributed by atoms with Crippen LogP contribution in [-0.4, -0.2) is 76.4 Å². The number of hydrogen-bond donors (Lipinski definition) is 2. The molecule has 0 radical (unpaired) electrons. The van der Waals surface area contributed by atoms with Crippen LogP contribution in [0.25, 0.3) is 5.69 Å². The van der Waals surface area contributed by atoms with Gasteiger partial charge in [-0.15, -0.1) is 5.10 Å². The highest BCUT2D eigenvalue weighted by Crippen LogP contribution is 2.38. The van der Waals surface area contributed by atoms with E-state index in [4.69, 9.17) is 4.74 Å². The van der Waals surface area contributed by atoms with Crippen molar-refractivity contribution in [3.8, 4) is 5.69 Å². The molecule has 2 fully saturated rings. The van der Waals surface area contributed by atoms with Gasteiger partial charge in [0.15, 0.2) is 5.69 Å². The lowest BCUT2D eigenvalue weighted by atomic mass is 9.87. The van der Waals surface area contributed by atoms with E-state index >= 15 is 0 Å². The molecule has 198 valence electrons. The molecule has 1 aliphatic heterocycles. The van der Waals surface area contributed by atoms with Crippen molar-refractivity contribution in [2.75, 3.05) is 33.4 Å². The minimum Gasteiger partial charge on any atom is -0.393 e. The molecule has 1 aromatic heterocycles. The molecule has 8 nitrogen and oxygen atoms in total. The van der Waals surface area contributed by atoms with Gasteiger partial charge in [-0.2, -0.15) is 0 Å². The third-order valence-corrected chi connectivity index (χ3v) is 7.27. The van der Waals surface area contributed by atoms with Crippen LogP contribution >= 0.6 is 0 Å². The first-order valence-corrected chi connectivity index (χ1v) is 13.3. The average molecular weight is 502 g/mol. The van der Waals surface area contributed by atoms with Gasteiger partial charge in [-0.1, -0.05) is 31.2 Å². The summed E-state index contributed by atoms with van der Waals surface area (Å²) in [6.07, 6.45) is 4.72. The molecule has 1 aliphatic carbocycles. The standard InChI is InChI=1S/C27H40FN5O3/c1-18(2)17-32(21-14-20(15-29-16-21)26(34)19-11-12-19)27(35)25-24(10-6-7-13-36-3)33(31-30-25)23-9-5-4-8-22(23)28/h4-5,8-9,18-21,26,29,34H,6-7,10-17H2,1-3H3/t20-,21+,26?/m1/s1. The maximum absolute atomic E-state index is 14.7. The SMILES string of the molecule is COCCCCc1c(C(=O)N(CC(C)C)[C@@H]2CNC[C@H](C(O)C3CC3)C2)nnn1-c1ccccc1F. The van der Waals surface area contributed by atoms with Crippen molar-refractivity contribution in [3.05, 3.63) is 41.5 Å². The second-order valence-electron chi connectivity index (χ2n) is 10.7. The Bertz CT molecular complexity index is 1010. The molecule has 0 spiro atoms. The average Bonchev–Trinajstić information content (AvgIpc) is 3.64. The van der Waals surface area contributed by atoms with Gasteiger partial charge in [0.05, 0.1) is 11.8 Å². The summed E-state index contributed by atoms with van der Waals surface area (Å²) in [5, 5.41) is 22.8. The van der Waals surface area contributed by atoms with E-state index < -0.39 is 5.82 Å². The number of aliphatic hydroxyl groups excluding tert-OH is 1. The molecule has 2 N–H and O–H groups in total. The van der Waals surface area contributed by atoms with Gasteiger partial charge in [0.25, 0.3) is 5.91 Å². The molecule has 0 bridgehead atoms. The number of methoxy groups -OCH3 is 1. The van der Waals surface area contributed by atoms with Gasteiger partial charge in [-0.25, -0.2) is 9.07 Å². The number of para-hydroxylation sites is 1. The summed E-state index contributed by atoms with van der Waals surface area (Å²) >= 11 is 0. The van der Waals surface area contributed by atoms with Crippen molar-refractivity contribution in [1.82, 2.24) is 25.2 Å². The van der Waals surface area contributed by atoms with Gasteiger partial charge in [0.1, 0.15) is 11.5 Å². The number of aromatic nitrogens is 3. The zero-order chi connectivity index (χ0) is 25.7. The van der Waals surface area contributed by atoms with Gasteiger partial charge >= 0.3 is 0 Å². The Morgan fingerprint density at radius 3 is 2.72 bits per heavy atom. The van der Waals surface area contributed by atoms with E-state index in [0.717, 1.165) is 38.6 Å². The normalized spacial score (nSPS) is 21.1. The molecule has 36 heavy (non-hydrogen) atoms. The molecule has 1 amide bonds. The summed E-state index contributed by atoms with van der Waals surface area (Å²) < 4.78 is 21.3. The zero-order valence-corrected chi connectivity index (χ0v) is 21.7. The Labute approximate surface area is 213 Å². The van der Waals surface area contributed by atoms with Crippen LogP contribution in [0.2, 0.25) is 0 Å². The second-order valence-corrected chi connectivity index (χ2v) is 10.7. The Morgan fingerprint density at radius 1 is 1.25 bits per heavy atom.